The second kappa shape index (κ2) is 15.7. The van der Waals surface area contributed by atoms with Gasteiger partial charge in [0.1, 0.15) is 46.7 Å². The van der Waals surface area contributed by atoms with Crippen LogP contribution in [0.5, 0.6) is 57.5 Å². The summed E-state index contributed by atoms with van der Waals surface area (Å²) in [5.74, 6) is -5.37. The van der Waals surface area contributed by atoms with Crippen LogP contribution in [0.25, 0.3) is 0 Å². The molecule has 0 amide bonds. The molecule has 2 bridgehead atoms. The zero-order chi connectivity index (χ0) is 39.0. The van der Waals surface area contributed by atoms with Gasteiger partial charge in [-0.15, -0.1) is 0 Å². The minimum Gasteiger partial charge on any atom is -0.508 e. The highest BCUT2D eigenvalue weighted by molar-refractivity contribution is 7.99. The molecule has 13 heteroatoms. The topological polar surface area (TPSA) is 210 Å². The van der Waals surface area contributed by atoms with Crippen molar-refractivity contribution in [1.82, 2.24) is 0 Å². The number of phenols is 7. The van der Waals surface area contributed by atoms with Gasteiger partial charge in [0.15, 0.2) is 29.1 Å². The Kier molecular flexibility index (Phi) is 11.0. The molecule has 7 rings (SSSR count). The summed E-state index contributed by atoms with van der Waals surface area (Å²) in [5.41, 5.74) is 0.967. The molecule has 9 N–H and O–H groups in total. The minimum atomic E-state index is -2.11. The van der Waals surface area contributed by atoms with Gasteiger partial charge in [-0.3, -0.25) is 0 Å². The number of benzene rings is 4. The molecule has 0 saturated heterocycles. The molecule has 0 radical (unpaired) electrons. The fraction of sp³-hybridized carbons (Fsp3) is 0.429. The number of aliphatic hydroxyl groups excluding tert-OH is 2. The highest BCUT2D eigenvalue weighted by Gasteiger charge is 2.60. The smallest absolute Gasteiger partial charge is 0.305 e. The van der Waals surface area contributed by atoms with E-state index in [1.807, 2.05) is 0 Å². The van der Waals surface area contributed by atoms with E-state index in [4.69, 9.17) is 14.2 Å². The largest absolute Gasteiger partial charge is 0.508 e. The molecule has 55 heavy (non-hydrogen) atoms. The van der Waals surface area contributed by atoms with E-state index in [9.17, 15) is 46.0 Å². The standard InChI is InChI=1S/C42H48O12S/c1-2-3-4-5-6-7-8-9-10-11-16-55-40-34-30(49)21-32-35(39(34)52-38(37(40)50)22-12-14-25(44)27(46)17-22)36-33-29(48)19-24(43)20-31(33)53-42(54-32,41(36)51)23-13-15-26(45)28(47)18-23/h12-15,17-21,36-38,40-41,43-51H,2-11,16H2,1H3. The first kappa shape index (κ1) is 38.4. The van der Waals surface area contributed by atoms with E-state index in [-0.39, 0.29) is 56.8 Å². The van der Waals surface area contributed by atoms with Crippen molar-refractivity contribution in [2.75, 3.05) is 5.75 Å². The van der Waals surface area contributed by atoms with Crippen molar-refractivity contribution in [3.63, 3.8) is 0 Å². The lowest BCUT2D eigenvalue weighted by Crippen LogP contribution is -2.57. The number of aliphatic hydroxyl groups is 2. The van der Waals surface area contributed by atoms with Gasteiger partial charge >= 0.3 is 5.79 Å². The Morgan fingerprint density at radius 3 is 1.85 bits per heavy atom. The minimum absolute atomic E-state index is 0.000577. The van der Waals surface area contributed by atoms with Crippen LogP contribution in [-0.2, 0) is 5.79 Å². The van der Waals surface area contributed by atoms with Gasteiger partial charge in [0.25, 0.3) is 0 Å². The first-order chi connectivity index (χ1) is 26.4. The van der Waals surface area contributed by atoms with E-state index in [0.717, 1.165) is 37.8 Å². The molecule has 3 aliphatic rings. The molecule has 294 valence electrons. The van der Waals surface area contributed by atoms with Crippen LogP contribution in [0.2, 0.25) is 0 Å². The van der Waals surface area contributed by atoms with Gasteiger partial charge < -0.3 is 60.2 Å². The molecule has 3 heterocycles. The third-order valence-electron chi connectivity index (χ3n) is 10.9. The number of hydrogen-bond acceptors (Lipinski definition) is 13. The van der Waals surface area contributed by atoms with Gasteiger partial charge in [-0.05, 0) is 48.1 Å². The summed E-state index contributed by atoms with van der Waals surface area (Å²) in [6.45, 7) is 2.21. The van der Waals surface area contributed by atoms with E-state index >= 15 is 0 Å². The van der Waals surface area contributed by atoms with E-state index in [0.29, 0.717) is 11.3 Å². The Hall–Kier alpha value is -4.85. The quantitative estimate of drug-likeness (QED) is 0.0440. The lowest BCUT2D eigenvalue weighted by molar-refractivity contribution is -0.219. The molecule has 6 unspecified atom stereocenters. The van der Waals surface area contributed by atoms with Crippen molar-refractivity contribution in [2.45, 2.75) is 106 Å². The summed E-state index contributed by atoms with van der Waals surface area (Å²) in [5, 5.41) is 98.1. The Morgan fingerprint density at radius 2 is 1.20 bits per heavy atom. The predicted molar refractivity (Wildman–Crippen MR) is 205 cm³/mol. The fourth-order valence-electron chi connectivity index (χ4n) is 8.10. The second-order valence-electron chi connectivity index (χ2n) is 14.7. The highest BCUT2D eigenvalue weighted by atomic mass is 32.2. The van der Waals surface area contributed by atoms with Crippen molar-refractivity contribution >= 4 is 11.8 Å². The monoisotopic (exact) mass is 776 g/mol. The summed E-state index contributed by atoms with van der Waals surface area (Å²) in [6, 6.07) is 11.5. The molecule has 0 spiro atoms. The van der Waals surface area contributed by atoms with Crippen LogP contribution in [0, 0.1) is 0 Å². The lowest BCUT2D eigenvalue weighted by Gasteiger charge is -2.51. The van der Waals surface area contributed by atoms with Crippen LogP contribution < -0.4 is 14.2 Å². The van der Waals surface area contributed by atoms with Gasteiger partial charge in [0.2, 0.25) is 0 Å². The summed E-state index contributed by atoms with van der Waals surface area (Å²) in [4.78, 5) is 0. The van der Waals surface area contributed by atoms with Crippen LogP contribution in [0.1, 0.15) is 116 Å². The average Bonchev–Trinajstić information content (AvgIpc) is 3.14. The molecule has 4 aromatic rings. The maximum Gasteiger partial charge on any atom is 0.305 e. The zero-order valence-electron chi connectivity index (χ0n) is 30.5. The summed E-state index contributed by atoms with van der Waals surface area (Å²) >= 11 is 1.45. The normalized spacial score (nSPS) is 23.4. The molecule has 0 saturated carbocycles. The molecular weight excluding hydrogens is 729 g/mol. The number of ether oxygens (including phenoxy) is 3. The molecule has 6 atom stereocenters. The second-order valence-corrected chi connectivity index (χ2v) is 15.9. The predicted octanol–water partition coefficient (Wildman–Crippen LogP) is 7.95. The first-order valence-electron chi connectivity index (χ1n) is 19.0. The number of phenolic OH excluding ortho intramolecular Hbond substituents is 7. The molecular formula is C42H48O12S. The van der Waals surface area contributed by atoms with E-state index in [1.54, 1.807) is 0 Å². The summed E-state index contributed by atoms with van der Waals surface area (Å²) < 4.78 is 19.3. The van der Waals surface area contributed by atoms with Crippen molar-refractivity contribution in [2.24, 2.45) is 0 Å². The van der Waals surface area contributed by atoms with Gasteiger partial charge in [0, 0.05) is 34.9 Å². The van der Waals surface area contributed by atoms with Gasteiger partial charge in [-0.2, -0.15) is 11.8 Å². The number of rotatable bonds is 14. The maximum absolute atomic E-state index is 12.3. The third kappa shape index (κ3) is 7.09. The van der Waals surface area contributed by atoms with Crippen molar-refractivity contribution < 1.29 is 60.2 Å². The summed E-state index contributed by atoms with van der Waals surface area (Å²) in [6.07, 6.45) is 7.60. The Labute approximate surface area is 323 Å². The van der Waals surface area contributed by atoms with Crippen LogP contribution in [-0.4, -0.2) is 63.9 Å². The number of aromatic hydroxyl groups is 7. The van der Waals surface area contributed by atoms with Crippen LogP contribution in [0.3, 0.4) is 0 Å². The van der Waals surface area contributed by atoms with Crippen molar-refractivity contribution in [3.8, 4) is 57.5 Å². The van der Waals surface area contributed by atoms with Gasteiger partial charge in [-0.1, -0.05) is 70.8 Å². The zero-order valence-corrected chi connectivity index (χ0v) is 31.3. The van der Waals surface area contributed by atoms with E-state index in [2.05, 4.69) is 6.92 Å². The maximum atomic E-state index is 12.3. The number of unbranched alkanes of at least 4 members (excludes halogenated alkanes) is 9. The molecule has 12 nitrogen and oxygen atoms in total. The van der Waals surface area contributed by atoms with Crippen molar-refractivity contribution in [1.29, 1.82) is 0 Å². The number of fused-ring (bicyclic) bond motifs is 8. The number of hydrogen-bond donors (Lipinski definition) is 9. The Balaban J connectivity index is 1.28. The molecule has 0 fully saturated rings. The SMILES string of the molecule is CCCCCCCCCCCCSC1c2c(O)cc3c(c2OC(c2ccc(O)c(O)c2)C1O)C1c2c(O)cc(O)cc2OC(c2ccc(O)c(O)c2)(O3)C1O. The van der Waals surface area contributed by atoms with Crippen LogP contribution in [0.4, 0.5) is 0 Å². The lowest BCUT2D eigenvalue weighted by atomic mass is 9.74. The molecule has 0 aromatic heterocycles. The van der Waals surface area contributed by atoms with Crippen molar-refractivity contribution in [3.05, 3.63) is 82.4 Å². The van der Waals surface area contributed by atoms with E-state index in [1.165, 1.54) is 92.8 Å². The number of thioether (sulfide) groups is 1. The average molecular weight is 777 g/mol. The molecule has 3 aliphatic heterocycles. The van der Waals surface area contributed by atoms with Crippen LogP contribution in [0.15, 0.2) is 54.6 Å². The highest BCUT2D eigenvalue weighted by Crippen LogP contribution is 2.64. The first-order valence-corrected chi connectivity index (χ1v) is 20.0. The van der Waals surface area contributed by atoms with E-state index < -0.39 is 58.3 Å². The van der Waals surface area contributed by atoms with Gasteiger partial charge in [0.05, 0.1) is 16.7 Å². The van der Waals surface area contributed by atoms with Gasteiger partial charge in [-0.25, -0.2) is 0 Å². The summed E-state index contributed by atoms with van der Waals surface area (Å²) in [7, 11) is 0. The Morgan fingerprint density at radius 1 is 0.600 bits per heavy atom. The van der Waals surface area contributed by atoms with Crippen LogP contribution >= 0.6 is 11.8 Å². The Bertz CT molecular complexity index is 2040. The molecule has 4 aromatic carbocycles. The molecule has 0 aliphatic carbocycles. The fourth-order valence-corrected chi connectivity index (χ4v) is 9.45. The third-order valence-corrected chi connectivity index (χ3v) is 12.3.